The van der Waals surface area contributed by atoms with Crippen LogP contribution in [0.25, 0.3) is 0 Å². The van der Waals surface area contributed by atoms with Crippen molar-refractivity contribution in [2.24, 2.45) is 12.8 Å². The van der Waals surface area contributed by atoms with Gasteiger partial charge in [-0.25, -0.2) is 4.98 Å². The zero-order chi connectivity index (χ0) is 9.30. The standard InChI is InChI=1S/C8H15N3O/c1-5-8(7(9)4-12)11(3)6(2)10-5/h7,12H,4,9H2,1-3H3. The molecule has 1 heterocycles. The van der Waals surface area contributed by atoms with Gasteiger partial charge in [-0.05, 0) is 13.8 Å². The Morgan fingerprint density at radius 2 is 2.17 bits per heavy atom. The van der Waals surface area contributed by atoms with Crippen molar-refractivity contribution in [2.45, 2.75) is 19.9 Å². The highest BCUT2D eigenvalue weighted by atomic mass is 16.3. The molecule has 0 aliphatic heterocycles. The van der Waals surface area contributed by atoms with Gasteiger partial charge in [-0.2, -0.15) is 0 Å². The summed E-state index contributed by atoms with van der Waals surface area (Å²) in [6.07, 6.45) is 0. The second kappa shape index (κ2) is 3.25. The highest BCUT2D eigenvalue weighted by Gasteiger charge is 2.14. The molecule has 68 valence electrons. The number of hydrogen-bond acceptors (Lipinski definition) is 3. The first-order valence-electron chi connectivity index (χ1n) is 3.94. The summed E-state index contributed by atoms with van der Waals surface area (Å²) in [4.78, 5) is 4.25. The monoisotopic (exact) mass is 169 g/mol. The minimum Gasteiger partial charge on any atom is -0.394 e. The molecule has 1 rings (SSSR count). The van der Waals surface area contributed by atoms with Crippen LogP contribution in [0.2, 0.25) is 0 Å². The van der Waals surface area contributed by atoms with Crippen molar-refractivity contribution in [3.63, 3.8) is 0 Å². The normalized spacial score (nSPS) is 13.4. The van der Waals surface area contributed by atoms with Gasteiger partial charge in [0.25, 0.3) is 0 Å². The third-order valence-corrected chi connectivity index (χ3v) is 2.09. The van der Waals surface area contributed by atoms with E-state index in [2.05, 4.69) is 4.98 Å². The minimum absolute atomic E-state index is 0.0419. The average molecular weight is 169 g/mol. The molecule has 12 heavy (non-hydrogen) atoms. The summed E-state index contributed by atoms with van der Waals surface area (Å²) in [5.41, 5.74) is 7.51. The molecule has 1 atom stereocenters. The topological polar surface area (TPSA) is 64.1 Å². The van der Waals surface area contributed by atoms with Crippen LogP contribution in [0.3, 0.4) is 0 Å². The van der Waals surface area contributed by atoms with Crippen molar-refractivity contribution in [1.29, 1.82) is 0 Å². The summed E-state index contributed by atoms with van der Waals surface area (Å²) < 4.78 is 1.91. The largest absolute Gasteiger partial charge is 0.394 e. The maximum absolute atomic E-state index is 8.88. The van der Waals surface area contributed by atoms with Crippen LogP contribution in [-0.4, -0.2) is 21.3 Å². The lowest BCUT2D eigenvalue weighted by molar-refractivity contribution is 0.263. The number of aliphatic hydroxyl groups excluding tert-OH is 1. The Morgan fingerprint density at radius 3 is 2.50 bits per heavy atom. The van der Waals surface area contributed by atoms with Crippen molar-refractivity contribution in [1.82, 2.24) is 9.55 Å². The van der Waals surface area contributed by atoms with Crippen LogP contribution >= 0.6 is 0 Å². The van der Waals surface area contributed by atoms with Crippen LogP contribution in [0.5, 0.6) is 0 Å². The fourth-order valence-electron chi connectivity index (χ4n) is 1.40. The molecule has 0 aliphatic carbocycles. The molecule has 0 aromatic carbocycles. The number of aryl methyl sites for hydroxylation is 2. The van der Waals surface area contributed by atoms with Gasteiger partial charge < -0.3 is 15.4 Å². The second-order valence-electron chi connectivity index (χ2n) is 2.98. The molecule has 1 aromatic heterocycles. The number of aliphatic hydroxyl groups is 1. The van der Waals surface area contributed by atoms with Crippen molar-refractivity contribution < 1.29 is 5.11 Å². The maximum Gasteiger partial charge on any atom is 0.105 e. The Balaban J connectivity index is 3.13. The van der Waals surface area contributed by atoms with Gasteiger partial charge in [0.2, 0.25) is 0 Å². The Bertz CT molecular complexity index is 280. The van der Waals surface area contributed by atoms with E-state index < -0.39 is 0 Å². The molecule has 0 saturated carbocycles. The number of nitrogens with two attached hydrogens (primary N) is 1. The van der Waals surface area contributed by atoms with Crippen LogP contribution in [0.15, 0.2) is 0 Å². The zero-order valence-electron chi connectivity index (χ0n) is 7.70. The van der Waals surface area contributed by atoms with Gasteiger partial charge in [-0.3, -0.25) is 0 Å². The van der Waals surface area contributed by atoms with Gasteiger partial charge in [0.05, 0.1) is 24.0 Å². The number of rotatable bonds is 2. The summed E-state index contributed by atoms with van der Waals surface area (Å²) in [6, 6.07) is -0.323. The van der Waals surface area contributed by atoms with E-state index in [0.29, 0.717) is 0 Å². The SMILES string of the molecule is Cc1nc(C)n(C)c1C(N)CO. The molecule has 4 nitrogen and oxygen atoms in total. The third kappa shape index (κ3) is 1.35. The average Bonchev–Trinajstić information content (AvgIpc) is 2.26. The van der Waals surface area contributed by atoms with E-state index in [1.165, 1.54) is 0 Å². The number of aromatic nitrogens is 2. The smallest absolute Gasteiger partial charge is 0.105 e. The summed E-state index contributed by atoms with van der Waals surface area (Å²) in [7, 11) is 1.90. The fourth-order valence-corrected chi connectivity index (χ4v) is 1.40. The molecule has 0 amide bonds. The Kier molecular flexibility index (Phi) is 2.49. The highest BCUT2D eigenvalue weighted by molar-refractivity contribution is 5.18. The molecule has 0 fully saturated rings. The summed E-state index contributed by atoms with van der Waals surface area (Å²) in [5, 5.41) is 8.88. The first-order valence-corrected chi connectivity index (χ1v) is 3.94. The second-order valence-corrected chi connectivity index (χ2v) is 2.98. The maximum atomic E-state index is 8.88. The van der Waals surface area contributed by atoms with E-state index in [1.54, 1.807) is 0 Å². The van der Waals surface area contributed by atoms with Crippen LogP contribution in [0.1, 0.15) is 23.3 Å². The molecule has 1 aromatic rings. The van der Waals surface area contributed by atoms with Crippen LogP contribution in [0, 0.1) is 13.8 Å². The molecular formula is C8H15N3O. The first kappa shape index (κ1) is 9.22. The Hall–Kier alpha value is -0.870. The van der Waals surface area contributed by atoms with Crippen LogP contribution in [0.4, 0.5) is 0 Å². The molecule has 1 unspecified atom stereocenters. The van der Waals surface area contributed by atoms with E-state index in [4.69, 9.17) is 10.8 Å². The molecule has 0 radical (unpaired) electrons. The molecule has 0 aliphatic rings. The fraction of sp³-hybridized carbons (Fsp3) is 0.625. The van der Waals surface area contributed by atoms with E-state index in [9.17, 15) is 0 Å². The van der Waals surface area contributed by atoms with Gasteiger partial charge in [0, 0.05) is 7.05 Å². The Labute approximate surface area is 72.0 Å². The first-order chi connectivity index (χ1) is 5.57. The Morgan fingerprint density at radius 1 is 1.58 bits per heavy atom. The molecule has 0 bridgehead atoms. The van der Waals surface area contributed by atoms with E-state index in [0.717, 1.165) is 17.2 Å². The molecular weight excluding hydrogens is 154 g/mol. The van der Waals surface area contributed by atoms with Gasteiger partial charge in [0.1, 0.15) is 5.82 Å². The van der Waals surface area contributed by atoms with Crippen molar-refractivity contribution in [3.05, 3.63) is 17.2 Å². The predicted octanol–water partition coefficient (Wildman–Crippen LogP) is 0.0290. The quantitative estimate of drug-likeness (QED) is 0.656. The van der Waals surface area contributed by atoms with Crippen LogP contribution < -0.4 is 5.73 Å². The van der Waals surface area contributed by atoms with Gasteiger partial charge in [-0.15, -0.1) is 0 Å². The van der Waals surface area contributed by atoms with Crippen LogP contribution in [-0.2, 0) is 7.05 Å². The lowest BCUT2D eigenvalue weighted by Gasteiger charge is -2.10. The minimum atomic E-state index is -0.323. The van der Waals surface area contributed by atoms with Crippen molar-refractivity contribution >= 4 is 0 Å². The number of imidazole rings is 1. The van der Waals surface area contributed by atoms with Gasteiger partial charge in [-0.1, -0.05) is 0 Å². The third-order valence-electron chi connectivity index (χ3n) is 2.09. The summed E-state index contributed by atoms with van der Waals surface area (Å²) in [5.74, 6) is 0.923. The van der Waals surface area contributed by atoms with Gasteiger partial charge >= 0.3 is 0 Å². The molecule has 0 spiro atoms. The highest BCUT2D eigenvalue weighted by Crippen LogP contribution is 2.15. The van der Waals surface area contributed by atoms with E-state index in [-0.39, 0.29) is 12.6 Å². The lowest BCUT2D eigenvalue weighted by atomic mass is 10.2. The predicted molar refractivity (Wildman–Crippen MR) is 46.7 cm³/mol. The summed E-state index contributed by atoms with van der Waals surface area (Å²) >= 11 is 0. The van der Waals surface area contributed by atoms with Crippen molar-refractivity contribution in [2.75, 3.05) is 6.61 Å². The molecule has 0 saturated heterocycles. The number of hydrogen-bond donors (Lipinski definition) is 2. The number of nitrogens with zero attached hydrogens (tertiary/aromatic N) is 2. The molecule has 3 N–H and O–H groups in total. The molecule has 4 heteroatoms. The zero-order valence-corrected chi connectivity index (χ0v) is 7.70. The summed E-state index contributed by atoms with van der Waals surface area (Å²) in [6.45, 7) is 3.78. The van der Waals surface area contributed by atoms with Gasteiger partial charge in [0.15, 0.2) is 0 Å². The van der Waals surface area contributed by atoms with E-state index >= 15 is 0 Å². The van der Waals surface area contributed by atoms with Crippen molar-refractivity contribution in [3.8, 4) is 0 Å². The lowest BCUT2D eigenvalue weighted by Crippen LogP contribution is -2.19. The van der Waals surface area contributed by atoms with E-state index in [1.807, 2.05) is 25.5 Å².